The molecule has 0 aromatic rings. The molecule has 0 rings (SSSR count). The lowest BCUT2D eigenvalue weighted by molar-refractivity contribution is -0.167. The zero-order chi connectivity index (χ0) is 50.0. The van der Waals surface area contributed by atoms with Crippen LogP contribution in [0.4, 0.5) is 0 Å². The summed E-state index contributed by atoms with van der Waals surface area (Å²) in [5.41, 5.74) is 0. The second-order valence-corrected chi connectivity index (χ2v) is 21.7. The van der Waals surface area contributed by atoms with Crippen molar-refractivity contribution in [3.63, 3.8) is 0 Å². The molecule has 0 N–H and O–H groups in total. The average molecular weight is 976 g/mol. The van der Waals surface area contributed by atoms with Crippen LogP contribution in [-0.4, -0.2) is 37.2 Å². The first-order chi connectivity index (χ1) is 34.0. The standard InChI is InChI=1S/C63H122O6/c1-4-7-10-13-16-19-22-25-28-30-32-35-38-41-44-47-50-53-56-62(65)68-59-60(58-67-61(64)55-52-49-46-43-40-37-34-27-24-21-18-15-12-9-6-3)69-63(66)57-54-51-48-45-42-39-36-33-31-29-26-23-20-17-14-11-8-5-2/h60H,4-59H2,1-3H3/t60-/m0/s1. The largest absolute Gasteiger partial charge is 0.462 e. The summed E-state index contributed by atoms with van der Waals surface area (Å²) in [5, 5.41) is 0. The van der Waals surface area contributed by atoms with E-state index in [1.54, 1.807) is 0 Å². The molecule has 0 fully saturated rings. The van der Waals surface area contributed by atoms with Crippen LogP contribution < -0.4 is 0 Å². The van der Waals surface area contributed by atoms with Gasteiger partial charge >= 0.3 is 17.9 Å². The first-order valence-electron chi connectivity index (χ1n) is 31.5. The van der Waals surface area contributed by atoms with Crippen molar-refractivity contribution in [2.45, 2.75) is 374 Å². The molecule has 0 aliphatic heterocycles. The van der Waals surface area contributed by atoms with E-state index in [1.165, 1.54) is 270 Å². The molecule has 0 aromatic carbocycles. The van der Waals surface area contributed by atoms with Crippen molar-refractivity contribution >= 4 is 17.9 Å². The summed E-state index contributed by atoms with van der Waals surface area (Å²) in [5.74, 6) is -0.825. The third-order valence-electron chi connectivity index (χ3n) is 14.6. The molecule has 6 heteroatoms. The molecule has 1 atom stereocenters. The van der Waals surface area contributed by atoms with Crippen LogP contribution in [0.25, 0.3) is 0 Å². The van der Waals surface area contributed by atoms with Crippen LogP contribution in [0.15, 0.2) is 0 Å². The van der Waals surface area contributed by atoms with E-state index in [2.05, 4.69) is 20.8 Å². The third kappa shape index (κ3) is 57.2. The Morgan fingerprint density at radius 3 is 0.580 bits per heavy atom. The average Bonchev–Trinajstić information content (AvgIpc) is 3.35. The Labute approximate surface area is 431 Å². The highest BCUT2D eigenvalue weighted by Gasteiger charge is 2.19. The van der Waals surface area contributed by atoms with Gasteiger partial charge in [0.2, 0.25) is 0 Å². The van der Waals surface area contributed by atoms with Gasteiger partial charge in [-0.05, 0) is 19.3 Å². The Balaban J connectivity index is 4.28. The minimum atomic E-state index is -0.762. The van der Waals surface area contributed by atoms with E-state index in [4.69, 9.17) is 14.2 Å². The predicted octanol–water partition coefficient (Wildman–Crippen LogP) is 21.1. The highest BCUT2D eigenvalue weighted by atomic mass is 16.6. The van der Waals surface area contributed by atoms with Gasteiger partial charge in [-0.2, -0.15) is 0 Å². The molecule has 0 radical (unpaired) electrons. The Morgan fingerprint density at radius 2 is 0.391 bits per heavy atom. The quantitative estimate of drug-likeness (QED) is 0.0343. The van der Waals surface area contributed by atoms with Crippen LogP contribution in [0.1, 0.15) is 367 Å². The van der Waals surface area contributed by atoms with Crippen molar-refractivity contribution in [3.8, 4) is 0 Å². The molecule has 0 aromatic heterocycles. The summed E-state index contributed by atoms with van der Waals surface area (Å²) >= 11 is 0. The number of hydrogen-bond donors (Lipinski definition) is 0. The predicted molar refractivity (Wildman–Crippen MR) is 298 cm³/mol. The van der Waals surface area contributed by atoms with Crippen molar-refractivity contribution in [2.24, 2.45) is 0 Å². The van der Waals surface area contributed by atoms with Gasteiger partial charge in [0.05, 0.1) is 0 Å². The molecular formula is C63H122O6. The van der Waals surface area contributed by atoms with Crippen LogP contribution in [-0.2, 0) is 28.6 Å². The van der Waals surface area contributed by atoms with Gasteiger partial charge in [-0.3, -0.25) is 14.4 Å². The molecule has 0 saturated carbocycles. The van der Waals surface area contributed by atoms with Gasteiger partial charge in [-0.1, -0.05) is 329 Å². The fourth-order valence-electron chi connectivity index (χ4n) is 9.86. The smallest absolute Gasteiger partial charge is 0.306 e. The summed E-state index contributed by atoms with van der Waals surface area (Å²) in [6.07, 6.45) is 66.7. The van der Waals surface area contributed by atoms with Gasteiger partial charge in [0.1, 0.15) is 13.2 Å². The molecule has 410 valence electrons. The van der Waals surface area contributed by atoms with Gasteiger partial charge in [0.25, 0.3) is 0 Å². The second-order valence-electron chi connectivity index (χ2n) is 21.7. The van der Waals surface area contributed by atoms with E-state index in [-0.39, 0.29) is 31.1 Å². The van der Waals surface area contributed by atoms with Crippen LogP contribution in [0.3, 0.4) is 0 Å². The lowest BCUT2D eigenvalue weighted by atomic mass is 10.0. The molecular weight excluding hydrogens is 853 g/mol. The summed E-state index contributed by atoms with van der Waals surface area (Å²) < 4.78 is 17.0. The van der Waals surface area contributed by atoms with Crippen molar-refractivity contribution in [3.05, 3.63) is 0 Å². The highest BCUT2D eigenvalue weighted by molar-refractivity contribution is 5.71. The maximum Gasteiger partial charge on any atom is 0.306 e. The maximum absolute atomic E-state index is 12.9. The lowest BCUT2D eigenvalue weighted by Crippen LogP contribution is -2.30. The molecule has 0 saturated heterocycles. The van der Waals surface area contributed by atoms with E-state index < -0.39 is 6.10 Å². The summed E-state index contributed by atoms with van der Waals surface area (Å²) in [7, 11) is 0. The number of unbranched alkanes of at least 4 members (excludes halogenated alkanes) is 48. The normalized spacial score (nSPS) is 11.9. The lowest BCUT2D eigenvalue weighted by Gasteiger charge is -2.18. The Morgan fingerprint density at radius 1 is 0.232 bits per heavy atom. The number of carbonyl (C=O) groups excluding carboxylic acids is 3. The minimum Gasteiger partial charge on any atom is -0.462 e. The molecule has 0 spiro atoms. The monoisotopic (exact) mass is 975 g/mol. The second kappa shape index (κ2) is 59.0. The van der Waals surface area contributed by atoms with Gasteiger partial charge in [0.15, 0.2) is 6.10 Å². The number of rotatable bonds is 59. The number of esters is 3. The van der Waals surface area contributed by atoms with Crippen LogP contribution in [0, 0.1) is 0 Å². The number of carbonyl (C=O) groups is 3. The van der Waals surface area contributed by atoms with Gasteiger partial charge < -0.3 is 14.2 Å². The van der Waals surface area contributed by atoms with E-state index >= 15 is 0 Å². The van der Waals surface area contributed by atoms with Crippen LogP contribution in [0.2, 0.25) is 0 Å². The maximum atomic E-state index is 12.9. The highest BCUT2D eigenvalue weighted by Crippen LogP contribution is 2.18. The third-order valence-corrected chi connectivity index (χ3v) is 14.6. The molecule has 0 unspecified atom stereocenters. The molecule has 0 bridgehead atoms. The van der Waals surface area contributed by atoms with Gasteiger partial charge in [-0.15, -0.1) is 0 Å². The zero-order valence-corrected chi connectivity index (χ0v) is 47.1. The number of ether oxygens (including phenoxy) is 3. The molecule has 6 nitrogen and oxygen atoms in total. The Hall–Kier alpha value is -1.59. The van der Waals surface area contributed by atoms with E-state index in [0.29, 0.717) is 19.3 Å². The summed E-state index contributed by atoms with van der Waals surface area (Å²) in [6, 6.07) is 0. The van der Waals surface area contributed by atoms with Crippen LogP contribution >= 0.6 is 0 Å². The van der Waals surface area contributed by atoms with E-state index in [9.17, 15) is 14.4 Å². The van der Waals surface area contributed by atoms with Crippen molar-refractivity contribution < 1.29 is 28.6 Å². The Bertz CT molecular complexity index is 1030. The fraction of sp³-hybridized carbons (Fsp3) is 0.952. The molecule has 69 heavy (non-hydrogen) atoms. The fourth-order valence-corrected chi connectivity index (χ4v) is 9.86. The molecule has 0 heterocycles. The summed E-state index contributed by atoms with van der Waals surface area (Å²) in [4.78, 5) is 38.3. The topological polar surface area (TPSA) is 78.9 Å². The first-order valence-corrected chi connectivity index (χ1v) is 31.5. The van der Waals surface area contributed by atoms with Crippen LogP contribution in [0.5, 0.6) is 0 Å². The van der Waals surface area contributed by atoms with Gasteiger partial charge in [-0.25, -0.2) is 0 Å². The van der Waals surface area contributed by atoms with E-state index in [1.807, 2.05) is 0 Å². The Kier molecular flexibility index (Phi) is 57.6. The van der Waals surface area contributed by atoms with Crippen molar-refractivity contribution in [1.29, 1.82) is 0 Å². The zero-order valence-electron chi connectivity index (χ0n) is 47.1. The minimum absolute atomic E-state index is 0.0605. The summed E-state index contributed by atoms with van der Waals surface area (Å²) in [6.45, 7) is 6.73. The van der Waals surface area contributed by atoms with E-state index in [0.717, 1.165) is 57.8 Å². The number of hydrogen-bond acceptors (Lipinski definition) is 6. The molecule has 0 aliphatic carbocycles. The first kappa shape index (κ1) is 67.4. The SMILES string of the molecule is CCCCCCCCCCCCCCCCCCCCC(=O)OC[C@H](COC(=O)CCCCCCCCCCCCCCCCC)OC(=O)CCCCCCCCCCCCCCCCCCCC. The van der Waals surface area contributed by atoms with Crippen molar-refractivity contribution in [1.82, 2.24) is 0 Å². The van der Waals surface area contributed by atoms with Crippen molar-refractivity contribution in [2.75, 3.05) is 13.2 Å². The molecule has 0 amide bonds. The molecule has 0 aliphatic rings. The van der Waals surface area contributed by atoms with Gasteiger partial charge in [0, 0.05) is 19.3 Å².